The standard InChI is InChI=1S/C29H42N4O5S2/c1-5-6-7-8-9-13-27(36)40-14-11-10-12-23-17-25(34)30-18-22-15-20(2)16-24(33-22)29(39-4)32-21(3)28(37)31-19-26(35)38-23/h10,12,15-16,21,23H,5-9,11,13-14,17-19H2,1-4H3,(H,30,34)(H,31,37)/b12-10+,32-29?/t21-,23-/m1/s1. The number of aromatic nitrogens is 1. The number of esters is 1. The van der Waals surface area contributed by atoms with Crippen LogP contribution in [0.2, 0.25) is 0 Å². The SMILES string of the molecule is CCCCCCCC(=O)SCC/C=C/[C@@H]1CC(=O)NCc2cc(C)cc(n2)C(SC)=N[C@H](C)C(=O)NCC(=O)O1. The van der Waals surface area contributed by atoms with E-state index >= 15 is 0 Å². The number of cyclic esters (lactones) is 1. The fourth-order valence-electron chi connectivity index (χ4n) is 3.94. The van der Waals surface area contributed by atoms with Crippen molar-refractivity contribution in [1.82, 2.24) is 15.6 Å². The van der Waals surface area contributed by atoms with Crippen molar-refractivity contribution in [2.24, 2.45) is 4.99 Å². The molecule has 2 amide bonds. The first-order chi connectivity index (χ1) is 19.2. The molecule has 1 aromatic heterocycles. The molecular formula is C29H42N4O5S2. The van der Waals surface area contributed by atoms with Gasteiger partial charge in [0.2, 0.25) is 11.8 Å². The number of hydrogen-bond acceptors (Lipinski definition) is 9. The van der Waals surface area contributed by atoms with E-state index in [9.17, 15) is 19.2 Å². The van der Waals surface area contributed by atoms with Crippen LogP contribution in [0.3, 0.4) is 0 Å². The number of fused-ring (bicyclic) bond motifs is 2. The van der Waals surface area contributed by atoms with Gasteiger partial charge in [0.25, 0.3) is 0 Å². The first-order valence-electron chi connectivity index (χ1n) is 13.9. The number of hydrogen-bond donors (Lipinski definition) is 2. The Hall–Kier alpha value is -2.66. The molecule has 9 nitrogen and oxygen atoms in total. The number of rotatable bonds is 10. The molecule has 0 saturated heterocycles. The van der Waals surface area contributed by atoms with Gasteiger partial charge in [-0.25, -0.2) is 4.98 Å². The van der Waals surface area contributed by atoms with Gasteiger partial charge in [0.15, 0.2) is 5.12 Å². The van der Waals surface area contributed by atoms with E-state index in [0.717, 1.165) is 18.4 Å². The highest BCUT2D eigenvalue weighted by molar-refractivity contribution is 8.14. The predicted molar refractivity (Wildman–Crippen MR) is 162 cm³/mol. The van der Waals surface area contributed by atoms with Gasteiger partial charge >= 0.3 is 5.97 Å². The molecule has 2 rings (SSSR count). The molecule has 0 spiro atoms. The molecule has 0 radical (unpaired) electrons. The van der Waals surface area contributed by atoms with Gasteiger partial charge in [-0.05, 0) is 56.7 Å². The molecule has 1 aliphatic heterocycles. The number of pyridine rings is 1. The van der Waals surface area contributed by atoms with Crippen molar-refractivity contribution >= 4 is 51.5 Å². The van der Waals surface area contributed by atoms with Gasteiger partial charge in [0, 0.05) is 12.2 Å². The van der Waals surface area contributed by atoms with E-state index < -0.39 is 24.0 Å². The average Bonchev–Trinajstić information content (AvgIpc) is 2.92. The second-order valence-electron chi connectivity index (χ2n) is 9.66. The molecule has 0 aromatic carbocycles. The van der Waals surface area contributed by atoms with Crippen molar-refractivity contribution in [3.8, 4) is 0 Å². The molecular weight excluding hydrogens is 548 g/mol. The quantitative estimate of drug-likeness (QED) is 0.232. The highest BCUT2D eigenvalue weighted by atomic mass is 32.2. The topological polar surface area (TPSA) is 127 Å². The first-order valence-corrected chi connectivity index (χ1v) is 16.1. The summed E-state index contributed by atoms with van der Waals surface area (Å²) in [5, 5.41) is 6.19. The molecule has 2 N–H and O–H groups in total. The number of nitrogens with one attached hydrogen (secondary N) is 2. The monoisotopic (exact) mass is 590 g/mol. The Bertz CT molecular complexity index is 1080. The maximum absolute atomic E-state index is 12.7. The van der Waals surface area contributed by atoms with Crippen molar-refractivity contribution in [2.75, 3.05) is 18.6 Å². The van der Waals surface area contributed by atoms with Gasteiger partial charge in [0.05, 0.1) is 24.4 Å². The molecule has 2 heterocycles. The van der Waals surface area contributed by atoms with Gasteiger partial charge < -0.3 is 15.4 Å². The van der Waals surface area contributed by atoms with Crippen molar-refractivity contribution < 1.29 is 23.9 Å². The zero-order chi connectivity index (χ0) is 29.3. The summed E-state index contributed by atoms with van der Waals surface area (Å²) in [5.41, 5.74) is 2.24. The number of nitrogens with zero attached hydrogens (tertiary/aromatic N) is 2. The normalized spacial score (nSPS) is 19.1. The van der Waals surface area contributed by atoms with Crippen molar-refractivity contribution in [2.45, 2.75) is 90.8 Å². The van der Waals surface area contributed by atoms with Crippen LogP contribution in [-0.4, -0.2) is 63.6 Å². The molecule has 1 aromatic rings. The second kappa shape index (κ2) is 18.6. The second-order valence-corrected chi connectivity index (χ2v) is 11.6. The predicted octanol–water partition coefficient (Wildman–Crippen LogP) is 4.50. The van der Waals surface area contributed by atoms with Crippen LogP contribution in [0.4, 0.5) is 0 Å². The van der Waals surface area contributed by atoms with Crippen LogP contribution in [0.1, 0.15) is 82.2 Å². The minimum atomic E-state index is -0.809. The third-order valence-corrected chi connectivity index (χ3v) is 7.72. The summed E-state index contributed by atoms with van der Waals surface area (Å²) >= 11 is 2.67. The lowest BCUT2D eigenvalue weighted by Gasteiger charge is -2.17. The average molecular weight is 591 g/mol. The number of thioether (sulfide) groups is 2. The number of amides is 2. The summed E-state index contributed by atoms with van der Waals surface area (Å²) in [6.07, 6.45) is 11.2. The first kappa shape index (κ1) is 33.5. The summed E-state index contributed by atoms with van der Waals surface area (Å²) in [4.78, 5) is 59.0. The molecule has 220 valence electrons. The zero-order valence-corrected chi connectivity index (χ0v) is 25.6. The van der Waals surface area contributed by atoms with Crippen LogP contribution in [-0.2, 0) is 30.5 Å². The van der Waals surface area contributed by atoms with Crippen LogP contribution < -0.4 is 10.6 Å². The van der Waals surface area contributed by atoms with E-state index in [1.165, 1.54) is 42.8 Å². The highest BCUT2D eigenvalue weighted by Gasteiger charge is 2.20. The van der Waals surface area contributed by atoms with Gasteiger partial charge in [-0.3, -0.25) is 24.2 Å². The third kappa shape index (κ3) is 13.1. The largest absolute Gasteiger partial charge is 0.456 e. The number of aliphatic imine (C=N–C) groups is 1. The van der Waals surface area contributed by atoms with Crippen LogP contribution >= 0.6 is 23.5 Å². The van der Waals surface area contributed by atoms with Gasteiger partial charge in [-0.2, -0.15) is 0 Å². The van der Waals surface area contributed by atoms with Crippen molar-refractivity contribution in [3.63, 3.8) is 0 Å². The Labute approximate surface area is 246 Å². The molecule has 0 aliphatic carbocycles. The minimum absolute atomic E-state index is 0.0768. The summed E-state index contributed by atoms with van der Waals surface area (Å²) in [7, 11) is 0. The maximum Gasteiger partial charge on any atom is 0.326 e. The van der Waals surface area contributed by atoms with E-state index in [2.05, 4.69) is 27.5 Å². The Balaban J connectivity index is 2.03. The number of carbonyl (C=O) groups is 4. The van der Waals surface area contributed by atoms with Crippen LogP contribution in [0.15, 0.2) is 29.3 Å². The molecule has 1 aliphatic rings. The maximum atomic E-state index is 12.7. The van der Waals surface area contributed by atoms with Gasteiger partial charge in [-0.1, -0.05) is 50.4 Å². The fourth-order valence-corrected chi connectivity index (χ4v) is 5.29. The highest BCUT2D eigenvalue weighted by Crippen LogP contribution is 2.16. The molecule has 2 bridgehead atoms. The van der Waals surface area contributed by atoms with Gasteiger partial charge in [-0.15, -0.1) is 11.8 Å². The lowest BCUT2D eigenvalue weighted by Crippen LogP contribution is -2.38. The smallest absolute Gasteiger partial charge is 0.326 e. The summed E-state index contributed by atoms with van der Waals surface area (Å²) in [6, 6.07) is 3.02. The number of carbonyl (C=O) groups excluding carboxylic acids is 4. The van der Waals surface area contributed by atoms with E-state index in [0.29, 0.717) is 35.0 Å². The van der Waals surface area contributed by atoms with E-state index in [1.807, 2.05) is 31.4 Å². The number of unbranched alkanes of at least 4 members (excludes halogenated alkanes) is 4. The summed E-state index contributed by atoms with van der Waals surface area (Å²) in [6.45, 7) is 5.61. The molecule has 0 saturated carbocycles. The van der Waals surface area contributed by atoms with Crippen molar-refractivity contribution in [3.05, 3.63) is 41.2 Å². The number of ether oxygens (including phenoxy) is 1. The minimum Gasteiger partial charge on any atom is -0.456 e. The summed E-state index contributed by atoms with van der Waals surface area (Å²) in [5.74, 6) is -0.756. The van der Waals surface area contributed by atoms with Crippen LogP contribution in [0.5, 0.6) is 0 Å². The van der Waals surface area contributed by atoms with E-state index in [1.54, 1.807) is 13.0 Å². The van der Waals surface area contributed by atoms with Gasteiger partial charge in [0.1, 0.15) is 23.7 Å². The number of allylic oxidation sites excluding steroid dienone is 1. The zero-order valence-electron chi connectivity index (χ0n) is 24.0. The molecule has 0 fully saturated rings. The Morgan fingerprint density at radius 2 is 1.90 bits per heavy atom. The number of aryl methyl sites for hydroxylation is 1. The Morgan fingerprint density at radius 1 is 1.12 bits per heavy atom. The van der Waals surface area contributed by atoms with Crippen LogP contribution in [0.25, 0.3) is 0 Å². The van der Waals surface area contributed by atoms with E-state index in [4.69, 9.17) is 4.74 Å². The lowest BCUT2D eigenvalue weighted by molar-refractivity contribution is -0.148. The molecule has 2 atom stereocenters. The van der Waals surface area contributed by atoms with Crippen LogP contribution in [0, 0.1) is 6.92 Å². The lowest BCUT2D eigenvalue weighted by atomic mass is 10.1. The Morgan fingerprint density at radius 3 is 2.65 bits per heavy atom. The molecule has 11 heteroatoms. The molecule has 40 heavy (non-hydrogen) atoms. The Kier molecular flexibility index (Phi) is 15.6. The van der Waals surface area contributed by atoms with E-state index in [-0.39, 0.29) is 30.5 Å². The fraction of sp³-hybridized carbons (Fsp3) is 0.586. The third-order valence-electron chi connectivity index (χ3n) is 6.05. The van der Waals surface area contributed by atoms with Crippen molar-refractivity contribution in [1.29, 1.82) is 0 Å². The summed E-state index contributed by atoms with van der Waals surface area (Å²) < 4.78 is 5.49. The molecule has 0 unspecified atom stereocenters.